The van der Waals surface area contributed by atoms with E-state index in [1.54, 1.807) is 0 Å². The quantitative estimate of drug-likeness (QED) is 0.585. The fourth-order valence-corrected chi connectivity index (χ4v) is 2.12. The number of benzene rings is 1. The van der Waals surface area contributed by atoms with Crippen LogP contribution >= 0.6 is 11.6 Å². The van der Waals surface area contributed by atoms with Gasteiger partial charge in [-0.25, -0.2) is 4.39 Å². The Hall–Kier alpha value is -1.09. The molecule has 16 heavy (non-hydrogen) atoms. The van der Waals surface area contributed by atoms with Crippen LogP contribution < -0.4 is 4.74 Å². The average molecular weight is 243 g/mol. The van der Waals surface area contributed by atoms with E-state index in [1.807, 2.05) is 0 Å². The summed E-state index contributed by atoms with van der Waals surface area (Å²) < 4.78 is 17.9. The number of rotatable bonds is 2. The fraction of sp³-hybridized carbons (Fsp3) is 0.417. The minimum Gasteiger partial charge on any atom is -0.425 e. The first-order chi connectivity index (χ1) is 7.66. The van der Waals surface area contributed by atoms with Crippen LogP contribution in [0.2, 0.25) is 5.02 Å². The van der Waals surface area contributed by atoms with Gasteiger partial charge in [-0.2, -0.15) is 0 Å². The molecule has 1 fully saturated rings. The van der Waals surface area contributed by atoms with Gasteiger partial charge in [0.25, 0.3) is 0 Å². The van der Waals surface area contributed by atoms with Crippen LogP contribution in [0.25, 0.3) is 0 Å². The van der Waals surface area contributed by atoms with Crippen molar-refractivity contribution < 1.29 is 13.9 Å². The van der Waals surface area contributed by atoms with Crippen LogP contribution in [-0.2, 0) is 4.79 Å². The van der Waals surface area contributed by atoms with Crippen molar-refractivity contribution in [2.24, 2.45) is 5.92 Å². The molecule has 1 aromatic carbocycles. The molecular formula is C12H12ClFO2. The van der Waals surface area contributed by atoms with Gasteiger partial charge in [-0.3, -0.25) is 4.79 Å². The lowest BCUT2D eigenvalue weighted by molar-refractivity contribution is -0.138. The van der Waals surface area contributed by atoms with E-state index in [2.05, 4.69) is 0 Å². The van der Waals surface area contributed by atoms with Crippen molar-refractivity contribution in [3.05, 3.63) is 29.0 Å². The maximum atomic E-state index is 12.8. The molecule has 2 rings (SSSR count). The maximum Gasteiger partial charge on any atom is 0.314 e. The van der Waals surface area contributed by atoms with Crippen LogP contribution in [0.1, 0.15) is 25.7 Å². The molecule has 2 nitrogen and oxygen atoms in total. The molecule has 0 amide bonds. The topological polar surface area (TPSA) is 26.3 Å². The Labute approximate surface area is 98.4 Å². The molecular weight excluding hydrogens is 231 g/mol. The molecule has 1 aliphatic carbocycles. The first kappa shape index (κ1) is 11.4. The molecule has 0 aromatic heterocycles. The zero-order valence-electron chi connectivity index (χ0n) is 8.71. The maximum absolute atomic E-state index is 12.8. The summed E-state index contributed by atoms with van der Waals surface area (Å²) in [4.78, 5) is 11.7. The van der Waals surface area contributed by atoms with E-state index >= 15 is 0 Å². The van der Waals surface area contributed by atoms with E-state index in [0.717, 1.165) is 31.7 Å². The lowest BCUT2D eigenvalue weighted by Gasteiger charge is -2.10. The molecule has 0 saturated heterocycles. The molecule has 0 N–H and O–H groups in total. The average Bonchev–Trinajstić information content (AvgIpc) is 2.75. The van der Waals surface area contributed by atoms with Crippen molar-refractivity contribution in [2.75, 3.05) is 0 Å². The third-order valence-electron chi connectivity index (χ3n) is 2.79. The Kier molecular flexibility index (Phi) is 3.44. The monoisotopic (exact) mass is 242 g/mol. The molecule has 0 radical (unpaired) electrons. The number of ether oxygens (including phenoxy) is 1. The molecule has 1 aliphatic rings. The standard InChI is InChI=1S/C12H12ClFO2/c13-10-7-9(14)5-6-11(10)16-12(15)8-3-1-2-4-8/h5-8H,1-4H2. The van der Waals surface area contributed by atoms with Crippen LogP contribution in [-0.4, -0.2) is 5.97 Å². The van der Waals surface area contributed by atoms with Crippen LogP contribution in [0, 0.1) is 11.7 Å². The van der Waals surface area contributed by atoms with Crippen LogP contribution in [0.15, 0.2) is 18.2 Å². The Bertz CT molecular complexity index is 400. The van der Waals surface area contributed by atoms with Gasteiger partial charge in [-0.1, -0.05) is 24.4 Å². The Morgan fingerprint density at radius 3 is 2.69 bits per heavy atom. The van der Waals surface area contributed by atoms with Crippen molar-refractivity contribution in [2.45, 2.75) is 25.7 Å². The smallest absolute Gasteiger partial charge is 0.314 e. The summed E-state index contributed by atoms with van der Waals surface area (Å²) >= 11 is 5.76. The first-order valence-corrected chi connectivity index (χ1v) is 5.71. The molecule has 0 bridgehead atoms. The van der Waals surface area contributed by atoms with Crippen molar-refractivity contribution >= 4 is 17.6 Å². The summed E-state index contributed by atoms with van der Waals surface area (Å²) in [5.41, 5.74) is 0. The van der Waals surface area contributed by atoms with Crippen LogP contribution in [0.4, 0.5) is 4.39 Å². The van der Waals surface area contributed by atoms with E-state index in [0.29, 0.717) is 0 Å². The van der Waals surface area contributed by atoms with E-state index in [4.69, 9.17) is 16.3 Å². The molecule has 0 spiro atoms. The van der Waals surface area contributed by atoms with E-state index < -0.39 is 5.82 Å². The summed E-state index contributed by atoms with van der Waals surface area (Å²) in [6.07, 6.45) is 3.88. The van der Waals surface area contributed by atoms with E-state index in [9.17, 15) is 9.18 Å². The lowest BCUT2D eigenvalue weighted by Crippen LogP contribution is -2.17. The number of esters is 1. The third-order valence-corrected chi connectivity index (χ3v) is 3.09. The second kappa shape index (κ2) is 4.83. The van der Waals surface area contributed by atoms with Gasteiger partial charge in [0.1, 0.15) is 11.6 Å². The lowest BCUT2D eigenvalue weighted by atomic mass is 10.1. The van der Waals surface area contributed by atoms with Crippen LogP contribution in [0.5, 0.6) is 5.75 Å². The number of hydrogen-bond acceptors (Lipinski definition) is 2. The predicted molar refractivity (Wildman–Crippen MR) is 59.0 cm³/mol. The fourth-order valence-electron chi connectivity index (χ4n) is 1.91. The van der Waals surface area contributed by atoms with Crippen LogP contribution in [0.3, 0.4) is 0 Å². The molecule has 1 saturated carbocycles. The van der Waals surface area contributed by atoms with E-state index in [-0.39, 0.29) is 22.7 Å². The molecule has 1 aromatic rings. The molecule has 0 unspecified atom stereocenters. The highest BCUT2D eigenvalue weighted by Gasteiger charge is 2.25. The van der Waals surface area contributed by atoms with Gasteiger partial charge in [0.15, 0.2) is 0 Å². The van der Waals surface area contributed by atoms with E-state index in [1.165, 1.54) is 12.1 Å². The largest absolute Gasteiger partial charge is 0.425 e. The minimum atomic E-state index is -0.439. The summed E-state index contributed by atoms with van der Waals surface area (Å²) in [7, 11) is 0. The molecule has 86 valence electrons. The second-order valence-corrected chi connectivity index (χ2v) is 4.38. The number of hydrogen-bond donors (Lipinski definition) is 0. The highest BCUT2D eigenvalue weighted by Crippen LogP contribution is 2.29. The highest BCUT2D eigenvalue weighted by molar-refractivity contribution is 6.32. The van der Waals surface area contributed by atoms with Gasteiger partial charge in [-0.05, 0) is 31.0 Å². The van der Waals surface area contributed by atoms with Crippen molar-refractivity contribution in [1.82, 2.24) is 0 Å². The summed E-state index contributed by atoms with van der Waals surface area (Å²) in [6, 6.07) is 3.74. The third kappa shape index (κ3) is 2.53. The van der Waals surface area contributed by atoms with Gasteiger partial charge < -0.3 is 4.74 Å². The summed E-state index contributed by atoms with van der Waals surface area (Å²) in [5, 5.41) is 0.131. The number of carbonyl (C=O) groups is 1. The van der Waals surface area contributed by atoms with Crippen molar-refractivity contribution in [1.29, 1.82) is 0 Å². The first-order valence-electron chi connectivity index (χ1n) is 5.33. The molecule has 0 atom stereocenters. The van der Waals surface area contributed by atoms with Gasteiger partial charge in [0.05, 0.1) is 10.9 Å². The Balaban J connectivity index is 2.05. The van der Waals surface area contributed by atoms with Gasteiger partial charge >= 0.3 is 5.97 Å². The Morgan fingerprint density at radius 2 is 2.06 bits per heavy atom. The second-order valence-electron chi connectivity index (χ2n) is 3.98. The summed E-state index contributed by atoms with van der Waals surface area (Å²) in [5.74, 6) is -0.488. The zero-order chi connectivity index (χ0) is 11.5. The normalized spacial score (nSPS) is 16.4. The molecule has 0 heterocycles. The minimum absolute atomic E-state index is 0.0267. The number of halogens is 2. The Morgan fingerprint density at radius 1 is 1.38 bits per heavy atom. The van der Waals surface area contributed by atoms with Gasteiger partial charge in [-0.15, -0.1) is 0 Å². The SMILES string of the molecule is O=C(Oc1ccc(F)cc1Cl)C1CCCC1. The summed E-state index contributed by atoms with van der Waals surface area (Å²) in [6.45, 7) is 0. The van der Waals surface area contributed by atoms with Gasteiger partial charge in [0.2, 0.25) is 0 Å². The zero-order valence-corrected chi connectivity index (χ0v) is 9.47. The van der Waals surface area contributed by atoms with Crippen molar-refractivity contribution in [3.8, 4) is 5.75 Å². The molecule has 4 heteroatoms. The number of carbonyl (C=O) groups excluding carboxylic acids is 1. The van der Waals surface area contributed by atoms with Gasteiger partial charge in [0, 0.05) is 0 Å². The predicted octanol–water partition coefficient (Wildman–Crippen LogP) is 3.57. The molecule has 0 aliphatic heterocycles. The van der Waals surface area contributed by atoms with Crippen molar-refractivity contribution in [3.63, 3.8) is 0 Å². The highest BCUT2D eigenvalue weighted by atomic mass is 35.5.